The van der Waals surface area contributed by atoms with E-state index in [-0.39, 0.29) is 10.6 Å². The Morgan fingerprint density at radius 1 is 1.39 bits per heavy atom. The molecular formula is C13H16ClN3O. The average molecular weight is 266 g/mol. The smallest absolute Gasteiger partial charge is 0.287 e. The van der Waals surface area contributed by atoms with Crippen LogP contribution in [-0.4, -0.2) is 15.8 Å². The molecule has 3 aliphatic rings. The molecule has 0 aliphatic heterocycles. The van der Waals surface area contributed by atoms with Crippen LogP contribution in [0.25, 0.3) is 0 Å². The van der Waals surface area contributed by atoms with Gasteiger partial charge in [-0.1, -0.05) is 11.6 Å². The maximum absolute atomic E-state index is 11.7. The van der Waals surface area contributed by atoms with Crippen LogP contribution in [0.2, 0.25) is 5.02 Å². The molecule has 0 saturated heterocycles. The second kappa shape index (κ2) is 3.50. The zero-order valence-corrected chi connectivity index (χ0v) is 11.0. The van der Waals surface area contributed by atoms with Crippen molar-refractivity contribution < 1.29 is 0 Å². The minimum Gasteiger partial charge on any atom is -0.379 e. The van der Waals surface area contributed by atoms with Crippen LogP contribution in [0.15, 0.2) is 11.0 Å². The quantitative estimate of drug-likeness (QED) is 0.888. The highest BCUT2D eigenvalue weighted by Gasteiger charge is 2.65. The first-order valence-corrected chi connectivity index (χ1v) is 7.03. The van der Waals surface area contributed by atoms with Crippen LogP contribution >= 0.6 is 11.6 Å². The van der Waals surface area contributed by atoms with Crippen molar-refractivity contribution in [3.63, 3.8) is 0 Å². The summed E-state index contributed by atoms with van der Waals surface area (Å²) >= 11 is 6.08. The summed E-state index contributed by atoms with van der Waals surface area (Å²) in [5.41, 5.74) is 0.481. The van der Waals surface area contributed by atoms with Gasteiger partial charge in [0.15, 0.2) is 0 Å². The number of hydrogen-bond acceptors (Lipinski definition) is 3. The molecular weight excluding hydrogens is 250 g/mol. The molecule has 1 aromatic heterocycles. The first kappa shape index (κ1) is 10.9. The van der Waals surface area contributed by atoms with Gasteiger partial charge in [0.1, 0.15) is 5.02 Å². The summed E-state index contributed by atoms with van der Waals surface area (Å²) in [6.07, 6.45) is 5.88. The van der Waals surface area contributed by atoms with Gasteiger partial charge in [-0.15, -0.1) is 0 Å². The van der Waals surface area contributed by atoms with Crippen molar-refractivity contribution in [2.75, 3.05) is 5.32 Å². The molecule has 4 rings (SSSR count). The predicted molar refractivity (Wildman–Crippen MR) is 69.7 cm³/mol. The number of hydrogen-bond donors (Lipinski definition) is 1. The SMILES string of the molecule is Cn1ncc(NC2[C@H]3[C@H]4CC[C@@H](C4)[C@H]23)c(Cl)c1=O. The van der Waals surface area contributed by atoms with Crippen molar-refractivity contribution in [1.82, 2.24) is 9.78 Å². The fourth-order valence-corrected chi connectivity index (χ4v) is 4.53. The Labute approximate surface area is 110 Å². The average Bonchev–Trinajstić information content (AvgIpc) is 2.76. The number of aryl methyl sites for hydroxylation is 1. The summed E-state index contributed by atoms with van der Waals surface area (Å²) in [4.78, 5) is 11.7. The number of nitrogens with one attached hydrogen (secondary N) is 1. The zero-order chi connectivity index (χ0) is 12.4. The van der Waals surface area contributed by atoms with Crippen molar-refractivity contribution in [2.45, 2.75) is 25.3 Å². The molecule has 0 unspecified atom stereocenters. The molecule has 4 atom stereocenters. The van der Waals surface area contributed by atoms with Gasteiger partial charge < -0.3 is 5.32 Å². The van der Waals surface area contributed by atoms with Crippen LogP contribution in [-0.2, 0) is 7.05 Å². The highest BCUT2D eigenvalue weighted by Crippen LogP contribution is 2.66. The van der Waals surface area contributed by atoms with Crippen LogP contribution in [0.4, 0.5) is 5.69 Å². The standard InChI is InChI=1S/C13H16ClN3O/c1-17-13(18)11(14)8(5-15-17)16-12-9-6-2-3-7(4-6)10(9)12/h5-7,9-10,12,16H,2-4H2,1H3/t6-,7-,9-,10-/m0/s1. The van der Waals surface area contributed by atoms with Gasteiger partial charge in [-0.3, -0.25) is 4.79 Å². The Hall–Kier alpha value is -1.03. The lowest BCUT2D eigenvalue weighted by Crippen LogP contribution is -2.22. The molecule has 0 aromatic carbocycles. The van der Waals surface area contributed by atoms with Crippen LogP contribution in [0.5, 0.6) is 0 Å². The summed E-state index contributed by atoms with van der Waals surface area (Å²) in [7, 11) is 1.62. The molecule has 2 bridgehead atoms. The summed E-state index contributed by atoms with van der Waals surface area (Å²) in [5, 5.41) is 7.74. The first-order valence-electron chi connectivity index (χ1n) is 6.65. The molecule has 1 N–H and O–H groups in total. The van der Waals surface area contributed by atoms with E-state index in [2.05, 4.69) is 10.4 Å². The molecule has 5 heteroatoms. The lowest BCUT2D eigenvalue weighted by atomic mass is 10.0. The highest BCUT2D eigenvalue weighted by atomic mass is 35.5. The van der Waals surface area contributed by atoms with Gasteiger partial charge in [-0.05, 0) is 42.9 Å². The summed E-state index contributed by atoms with van der Waals surface area (Å²) in [6.45, 7) is 0. The van der Waals surface area contributed by atoms with Crippen molar-refractivity contribution >= 4 is 17.3 Å². The van der Waals surface area contributed by atoms with E-state index >= 15 is 0 Å². The number of halogens is 1. The third-order valence-electron chi connectivity index (χ3n) is 5.14. The van der Waals surface area contributed by atoms with Gasteiger partial charge >= 0.3 is 0 Å². The Morgan fingerprint density at radius 2 is 2.06 bits per heavy atom. The molecule has 18 heavy (non-hydrogen) atoms. The molecule has 4 nitrogen and oxygen atoms in total. The van der Waals surface area contributed by atoms with Gasteiger partial charge in [0.25, 0.3) is 5.56 Å². The first-order chi connectivity index (χ1) is 8.66. The van der Waals surface area contributed by atoms with Crippen LogP contribution < -0.4 is 10.9 Å². The topological polar surface area (TPSA) is 46.9 Å². The van der Waals surface area contributed by atoms with Crippen LogP contribution in [0.1, 0.15) is 19.3 Å². The molecule has 0 amide bonds. The fourth-order valence-electron chi connectivity index (χ4n) is 4.31. The van der Waals surface area contributed by atoms with E-state index in [1.165, 1.54) is 23.9 Å². The lowest BCUT2D eigenvalue weighted by molar-refractivity contribution is 0.456. The minimum absolute atomic E-state index is 0.226. The van der Waals surface area contributed by atoms with Crippen molar-refractivity contribution in [3.8, 4) is 0 Å². The van der Waals surface area contributed by atoms with Crippen molar-refractivity contribution in [2.24, 2.45) is 30.7 Å². The summed E-state index contributed by atoms with van der Waals surface area (Å²) in [5.74, 6) is 3.47. The van der Waals surface area contributed by atoms with Gasteiger partial charge in [-0.2, -0.15) is 5.10 Å². The van der Waals surface area contributed by atoms with Gasteiger partial charge in [0, 0.05) is 13.1 Å². The van der Waals surface area contributed by atoms with Gasteiger partial charge in [-0.25, -0.2) is 4.68 Å². The van der Waals surface area contributed by atoms with E-state index in [1.54, 1.807) is 13.2 Å². The van der Waals surface area contributed by atoms with Crippen LogP contribution in [0.3, 0.4) is 0 Å². The van der Waals surface area contributed by atoms with Gasteiger partial charge in [0.05, 0.1) is 11.9 Å². The molecule has 1 aromatic rings. The third kappa shape index (κ3) is 1.32. The maximum Gasteiger partial charge on any atom is 0.287 e. The van der Waals surface area contributed by atoms with E-state index in [4.69, 9.17) is 11.6 Å². The maximum atomic E-state index is 11.7. The summed E-state index contributed by atoms with van der Waals surface area (Å²) in [6, 6.07) is 0.530. The Bertz CT molecular complexity index is 554. The monoisotopic (exact) mass is 265 g/mol. The van der Waals surface area contributed by atoms with Crippen molar-refractivity contribution in [3.05, 3.63) is 21.6 Å². The van der Waals surface area contributed by atoms with Crippen molar-refractivity contribution in [1.29, 1.82) is 0 Å². The number of anilines is 1. The number of fused-ring (bicyclic) bond motifs is 5. The van der Waals surface area contributed by atoms with E-state index in [0.29, 0.717) is 11.7 Å². The molecule has 3 fully saturated rings. The van der Waals surface area contributed by atoms with Gasteiger partial charge in [0.2, 0.25) is 0 Å². The van der Waals surface area contributed by atoms with E-state index < -0.39 is 0 Å². The van der Waals surface area contributed by atoms with E-state index in [9.17, 15) is 4.79 Å². The number of aromatic nitrogens is 2. The Kier molecular flexibility index (Phi) is 2.11. The number of nitrogens with zero attached hydrogens (tertiary/aromatic N) is 2. The Balaban J connectivity index is 1.57. The molecule has 0 spiro atoms. The number of rotatable bonds is 2. The third-order valence-corrected chi connectivity index (χ3v) is 5.50. The molecule has 0 radical (unpaired) electrons. The zero-order valence-electron chi connectivity index (χ0n) is 10.3. The second-order valence-corrected chi connectivity index (χ2v) is 6.34. The largest absolute Gasteiger partial charge is 0.379 e. The molecule has 96 valence electrons. The highest BCUT2D eigenvalue weighted by molar-refractivity contribution is 6.32. The summed E-state index contributed by atoms with van der Waals surface area (Å²) < 4.78 is 1.27. The predicted octanol–water partition coefficient (Wildman–Crippen LogP) is 1.89. The lowest BCUT2D eigenvalue weighted by Gasteiger charge is -2.12. The molecule has 3 aliphatic carbocycles. The fraction of sp³-hybridized carbons (Fsp3) is 0.692. The normalized spacial score (nSPS) is 39.8. The molecule has 1 heterocycles. The van der Waals surface area contributed by atoms with Crippen LogP contribution in [0, 0.1) is 23.7 Å². The van der Waals surface area contributed by atoms with E-state index in [0.717, 1.165) is 23.7 Å². The van der Waals surface area contributed by atoms with E-state index in [1.807, 2.05) is 0 Å². The molecule has 3 saturated carbocycles. The Morgan fingerprint density at radius 3 is 2.72 bits per heavy atom. The second-order valence-electron chi connectivity index (χ2n) is 5.96. The minimum atomic E-state index is -0.226.